The lowest BCUT2D eigenvalue weighted by Gasteiger charge is -2.33. The van der Waals surface area contributed by atoms with Gasteiger partial charge in [0, 0.05) is 18.6 Å². The average molecular weight is 410 g/mol. The Morgan fingerprint density at radius 2 is 1.96 bits per heavy atom. The van der Waals surface area contributed by atoms with Gasteiger partial charge >= 0.3 is 5.97 Å². The van der Waals surface area contributed by atoms with Gasteiger partial charge in [-0.1, -0.05) is 0 Å². The van der Waals surface area contributed by atoms with Crippen LogP contribution in [0, 0.1) is 0 Å². The predicted octanol–water partition coefficient (Wildman–Crippen LogP) is 1.69. The van der Waals surface area contributed by atoms with Crippen LogP contribution in [0.5, 0.6) is 5.75 Å². The molecule has 0 bridgehead atoms. The molecule has 1 saturated heterocycles. The molecule has 1 aliphatic heterocycles. The van der Waals surface area contributed by atoms with Crippen molar-refractivity contribution in [2.24, 2.45) is 0 Å². The third-order valence-corrected chi connectivity index (χ3v) is 6.58. The molecule has 2 fully saturated rings. The fraction of sp³-hybridized carbons (Fsp3) is 0.579. The van der Waals surface area contributed by atoms with Gasteiger partial charge in [0.05, 0.1) is 12.7 Å². The SMILES string of the molecule is COc1ccc(C(=O)OCC(=O)N2CCCC[C@H]2C)cc1S(=O)(=O)NC1CC1. The lowest BCUT2D eigenvalue weighted by molar-refractivity contribution is -0.137. The molecule has 2 aliphatic rings. The monoisotopic (exact) mass is 410 g/mol. The van der Waals surface area contributed by atoms with Crippen molar-refractivity contribution in [3.8, 4) is 5.75 Å². The summed E-state index contributed by atoms with van der Waals surface area (Å²) >= 11 is 0. The van der Waals surface area contributed by atoms with Crippen LogP contribution in [0.1, 0.15) is 49.4 Å². The normalized spacial score (nSPS) is 19.9. The van der Waals surface area contributed by atoms with Crippen molar-refractivity contribution >= 4 is 21.9 Å². The average Bonchev–Trinajstić information content (AvgIpc) is 3.49. The zero-order valence-corrected chi connectivity index (χ0v) is 17.0. The van der Waals surface area contributed by atoms with E-state index < -0.39 is 16.0 Å². The summed E-state index contributed by atoms with van der Waals surface area (Å²) in [5, 5.41) is 0. The maximum absolute atomic E-state index is 12.5. The Morgan fingerprint density at radius 1 is 1.21 bits per heavy atom. The number of sulfonamides is 1. The molecule has 1 heterocycles. The Bertz CT molecular complexity index is 850. The van der Waals surface area contributed by atoms with Crippen LogP contribution in [0.2, 0.25) is 0 Å². The second kappa shape index (κ2) is 8.48. The van der Waals surface area contributed by atoms with E-state index in [1.807, 2.05) is 6.92 Å². The molecule has 1 saturated carbocycles. The molecule has 154 valence electrons. The quantitative estimate of drug-likeness (QED) is 0.687. The van der Waals surface area contributed by atoms with Crippen LogP contribution in [-0.4, -0.2) is 57.5 Å². The molecule has 3 rings (SSSR count). The van der Waals surface area contributed by atoms with Crippen molar-refractivity contribution in [2.45, 2.75) is 56.0 Å². The number of hydrogen-bond acceptors (Lipinski definition) is 6. The van der Waals surface area contributed by atoms with Gasteiger partial charge in [-0.05, 0) is 57.2 Å². The van der Waals surface area contributed by atoms with Crippen LogP contribution in [0.3, 0.4) is 0 Å². The number of ether oxygens (including phenoxy) is 2. The van der Waals surface area contributed by atoms with Gasteiger partial charge in [-0.15, -0.1) is 0 Å². The molecule has 1 aliphatic carbocycles. The number of nitrogens with zero attached hydrogens (tertiary/aromatic N) is 1. The molecule has 8 nitrogen and oxygen atoms in total. The molecule has 0 unspecified atom stereocenters. The minimum atomic E-state index is -3.81. The van der Waals surface area contributed by atoms with Gasteiger partial charge in [0.1, 0.15) is 10.6 Å². The van der Waals surface area contributed by atoms with Crippen LogP contribution in [0.15, 0.2) is 23.1 Å². The highest BCUT2D eigenvalue weighted by Gasteiger charge is 2.31. The van der Waals surface area contributed by atoms with Crippen LogP contribution >= 0.6 is 0 Å². The highest BCUT2D eigenvalue weighted by atomic mass is 32.2. The number of carbonyl (C=O) groups is 2. The smallest absolute Gasteiger partial charge is 0.338 e. The van der Waals surface area contributed by atoms with E-state index in [-0.39, 0.29) is 40.8 Å². The summed E-state index contributed by atoms with van der Waals surface area (Å²) < 4.78 is 37.9. The molecule has 28 heavy (non-hydrogen) atoms. The molecule has 1 amide bonds. The number of carbonyl (C=O) groups excluding carboxylic acids is 2. The zero-order valence-electron chi connectivity index (χ0n) is 16.1. The van der Waals surface area contributed by atoms with Crippen molar-refractivity contribution in [1.82, 2.24) is 9.62 Å². The number of nitrogens with one attached hydrogen (secondary N) is 1. The predicted molar refractivity (Wildman–Crippen MR) is 102 cm³/mol. The van der Waals surface area contributed by atoms with Crippen LogP contribution < -0.4 is 9.46 Å². The van der Waals surface area contributed by atoms with Gasteiger partial charge < -0.3 is 14.4 Å². The van der Waals surface area contributed by atoms with E-state index in [1.165, 1.54) is 25.3 Å². The van der Waals surface area contributed by atoms with Crippen LogP contribution in [-0.2, 0) is 19.6 Å². The number of esters is 1. The first kappa shape index (κ1) is 20.6. The number of amides is 1. The van der Waals surface area contributed by atoms with Gasteiger partial charge in [-0.2, -0.15) is 0 Å². The van der Waals surface area contributed by atoms with E-state index in [4.69, 9.17) is 9.47 Å². The number of piperidine rings is 1. The number of hydrogen-bond donors (Lipinski definition) is 1. The highest BCUT2D eigenvalue weighted by molar-refractivity contribution is 7.89. The summed E-state index contributed by atoms with van der Waals surface area (Å²) in [7, 11) is -2.45. The molecular formula is C19H26N2O6S. The second-order valence-corrected chi connectivity index (χ2v) is 8.95. The number of benzene rings is 1. The Hall–Kier alpha value is -2.13. The summed E-state index contributed by atoms with van der Waals surface area (Å²) in [5.74, 6) is -0.844. The molecule has 0 aromatic heterocycles. The summed E-state index contributed by atoms with van der Waals surface area (Å²) in [6.07, 6.45) is 4.55. The maximum atomic E-state index is 12.5. The lowest BCUT2D eigenvalue weighted by atomic mass is 10.0. The molecule has 0 spiro atoms. The standard InChI is InChI=1S/C19H26N2O6S/c1-13-5-3-4-10-21(13)18(22)12-27-19(23)14-6-9-16(26-2)17(11-14)28(24,25)20-15-7-8-15/h6,9,11,13,15,20H,3-5,7-8,10,12H2,1-2H3/t13-/m1/s1. The first-order valence-electron chi connectivity index (χ1n) is 9.49. The fourth-order valence-corrected chi connectivity index (χ4v) is 4.76. The second-order valence-electron chi connectivity index (χ2n) is 7.27. The largest absolute Gasteiger partial charge is 0.495 e. The van der Waals surface area contributed by atoms with Crippen LogP contribution in [0.4, 0.5) is 0 Å². The molecule has 1 aromatic rings. The van der Waals surface area contributed by atoms with Crippen molar-refractivity contribution in [3.63, 3.8) is 0 Å². The Balaban J connectivity index is 1.69. The topological polar surface area (TPSA) is 102 Å². The van der Waals surface area contributed by atoms with Crippen molar-refractivity contribution in [3.05, 3.63) is 23.8 Å². The zero-order chi connectivity index (χ0) is 20.3. The fourth-order valence-electron chi connectivity index (χ4n) is 3.26. The summed E-state index contributed by atoms with van der Waals surface area (Å²) in [6, 6.07) is 4.11. The molecule has 1 N–H and O–H groups in total. The molecular weight excluding hydrogens is 384 g/mol. The third-order valence-electron chi connectivity index (χ3n) is 5.04. The van der Waals surface area contributed by atoms with E-state index in [2.05, 4.69) is 4.72 Å². The van der Waals surface area contributed by atoms with Crippen molar-refractivity contribution < 1.29 is 27.5 Å². The summed E-state index contributed by atoms with van der Waals surface area (Å²) in [4.78, 5) is 26.3. The van der Waals surface area contributed by atoms with Gasteiger partial charge in [0.25, 0.3) is 5.91 Å². The minimum absolute atomic E-state index is 0.0523. The van der Waals surface area contributed by atoms with Gasteiger partial charge in [0.2, 0.25) is 10.0 Å². The molecule has 0 radical (unpaired) electrons. The Morgan fingerprint density at radius 3 is 2.61 bits per heavy atom. The Kier molecular flexibility index (Phi) is 6.24. The summed E-state index contributed by atoms with van der Waals surface area (Å²) in [6.45, 7) is 2.28. The number of likely N-dealkylation sites (tertiary alicyclic amines) is 1. The van der Waals surface area contributed by atoms with Gasteiger partial charge in [0.15, 0.2) is 6.61 Å². The Labute approximate surface area is 165 Å². The van der Waals surface area contributed by atoms with E-state index in [1.54, 1.807) is 4.90 Å². The minimum Gasteiger partial charge on any atom is -0.495 e. The van der Waals surface area contributed by atoms with E-state index in [9.17, 15) is 18.0 Å². The van der Waals surface area contributed by atoms with Gasteiger partial charge in [-0.3, -0.25) is 4.79 Å². The molecule has 1 atom stereocenters. The summed E-state index contributed by atoms with van der Waals surface area (Å²) in [5.41, 5.74) is 0.0523. The van der Waals surface area contributed by atoms with Crippen molar-refractivity contribution in [1.29, 1.82) is 0 Å². The van der Waals surface area contributed by atoms with Gasteiger partial charge in [-0.25, -0.2) is 17.9 Å². The lowest BCUT2D eigenvalue weighted by Crippen LogP contribution is -2.44. The number of rotatable bonds is 7. The third kappa shape index (κ3) is 4.82. The first-order chi connectivity index (χ1) is 13.3. The number of methoxy groups -OCH3 is 1. The van der Waals surface area contributed by atoms with E-state index in [0.29, 0.717) is 6.54 Å². The van der Waals surface area contributed by atoms with E-state index >= 15 is 0 Å². The van der Waals surface area contributed by atoms with Crippen molar-refractivity contribution in [2.75, 3.05) is 20.3 Å². The molecule has 9 heteroatoms. The first-order valence-corrected chi connectivity index (χ1v) is 11.0. The van der Waals surface area contributed by atoms with Crippen LogP contribution in [0.25, 0.3) is 0 Å². The molecule has 1 aromatic carbocycles. The van der Waals surface area contributed by atoms with E-state index in [0.717, 1.165) is 32.1 Å². The maximum Gasteiger partial charge on any atom is 0.338 e. The highest BCUT2D eigenvalue weighted by Crippen LogP contribution is 2.28.